The molecule has 2 heterocycles. The van der Waals surface area contributed by atoms with E-state index in [0.29, 0.717) is 11.5 Å². The zero-order chi connectivity index (χ0) is 18.6. The first kappa shape index (κ1) is 16.9. The minimum atomic E-state index is 0.705. The Morgan fingerprint density at radius 3 is 2.44 bits per heavy atom. The number of hydrogen-bond donors (Lipinski definition) is 1. The van der Waals surface area contributed by atoms with Crippen LogP contribution in [-0.4, -0.2) is 25.4 Å². The highest BCUT2D eigenvalue weighted by Gasteiger charge is 2.16. The second-order valence-corrected chi connectivity index (χ2v) is 6.09. The van der Waals surface area contributed by atoms with E-state index in [-0.39, 0.29) is 0 Å². The zero-order valence-corrected chi connectivity index (χ0v) is 15.3. The molecule has 0 spiro atoms. The molecule has 0 atom stereocenters. The molecule has 2 aromatic carbocycles. The highest BCUT2D eigenvalue weighted by Crippen LogP contribution is 2.38. The molecule has 3 aromatic rings. The second kappa shape index (κ2) is 7.38. The van der Waals surface area contributed by atoms with Crippen LogP contribution in [0.2, 0.25) is 0 Å². The van der Waals surface area contributed by atoms with Crippen LogP contribution >= 0.6 is 0 Å². The van der Waals surface area contributed by atoms with E-state index in [0.717, 1.165) is 33.8 Å². The summed E-state index contributed by atoms with van der Waals surface area (Å²) in [6.07, 6.45) is 5.79. The summed E-state index contributed by atoms with van der Waals surface area (Å²) in [4.78, 5) is 8.04. The largest absolute Gasteiger partial charge is 0.493 e. The van der Waals surface area contributed by atoms with Crippen molar-refractivity contribution in [2.24, 2.45) is 4.99 Å². The molecule has 0 saturated carbocycles. The number of hydrogen-bond acceptors (Lipinski definition) is 3. The number of benzene rings is 2. The van der Waals surface area contributed by atoms with Gasteiger partial charge in [-0.05, 0) is 42.0 Å². The minimum Gasteiger partial charge on any atom is -0.493 e. The molecule has 4 heteroatoms. The lowest BCUT2D eigenvalue weighted by atomic mass is 10.0. The number of nitrogens with one attached hydrogen (secondary N) is 1. The summed E-state index contributed by atoms with van der Waals surface area (Å²) >= 11 is 0. The van der Waals surface area contributed by atoms with E-state index in [4.69, 9.17) is 9.47 Å². The number of para-hydroxylation sites is 1. The van der Waals surface area contributed by atoms with Gasteiger partial charge in [-0.15, -0.1) is 0 Å². The Bertz CT molecular complexity index is 1030. The van der Waals surface area contributed by atoms with Crippen molar-refractivity contribution in [3.63, 3.8) is 0 Å². The maximum Gasteiger partial charge on any atom is 0.170 e. The van der Waals surface area contributed by atoms with Crippen LogP contribution in [0, 0.1) is 0 Å². The number of ether oxygens (including phenoxy) is 2. The molecule has 0 fully saturated rings. The van der Waals surface area contributed by atoms with Crippen LogP contribution in [0.5, 0.6) is 11.5 Å². The summed E-state index contributed by atoms with van der Waals surface area (Å²) in [6, 6.07) is 20.3. The van der Waals surface area contributed by atoms with Crippen molar-refractivity contribution in [2.45, 2.75) is 0 Å². The molecule has 0 radical (unpaired) electrons. The predicted molar refractivity (Wildman–Crippen MR) is 109 cm³/mol. The van der Waals surface area contributed by atoms with Crippen molar-refractivity contribution < 1.29 is 9.47 Å². The topological polar surface area (TPSA) is 46.6 Å². The van der Waals surface area contributed by atoms with E-state index < -0.39 is 0 Å². The first-order chi connectivity index (χ1) is 13.3. The summed E-state index contributed by atoms with van der Waals surface area (Å²) in [5.74, 6) is 1.41. The van der Waals surface area contributed by atoms with E-state index in [1.165, 1.54) is 0 Å². The Kier molecular flexibility index (Phi) is 4.62. The van der Waals surface area contributed by atoms with Crippen LogP contribution in [-0.2, 0) is 0 Å². The molecule has 134 valence electrons. The Morgan fingerprint density at radius 2 is 1.74 bits per heavy atom. The van der Waals surface area contributed by atoms with Gasteiger partial charge in [0.25, 0.3) is 0 Å². The molecule has 0 unspecified atom stereocenters. The first-order valence-corrected chi connectivity index (χ1v) is 8.73. The molecule has 4 rings (SSSR count). The van der Waals surface area contributed by atoms with E-state index in [2.05, 4.69) is 34.2 Å². The maximum atomic E-state index is 5.58. The molecule has 1 N–H and O–H groups in total. The average molecular weight is 356 g/mol. The van der Waals surface area contributed by atoms with Crippen molar-refractivity contribution in [3.05, 3.63) is 89.8 Å². The van der Waals surface area contributed by atoms with Gasteiger partial charge in [-0.25, -0.2) is 0 Å². The molecule has 27 heavy (non-hydrogen) atoms. The van der Waals surface area contributed by atoms with Crippen LogP contribution in [0.3, 0.4) is 0 Å². The second-order valence-electron chi connectivity index (χ2n) is 6.09. The fraction of sp³-hybridized carbons (Fsp3) is 0.0870. The van der Waals surface area contributed by atoms with Crippen molar-refractivity contribution in [2.75, 3.05) is 14.2 Å². The number of allylic oxidation sites excluding steroid dienone is 2. The van der Waals surface area contributed by atoms with Crippen molar-refractivity contribution in [3.8, 4) is 22.8 Å². The summed E-state index contributed by atoms with van der Waals surface area (Å²) < 4.78 is 11.0. The van der Waals surface area contributed by atoms with Gasteiger partial charge >= 0.3 is 0 Å². The van der Waals surface area contributed by atoms with Gasteiger partial charge in [-0.3, -0.25) is 4.99 Å². The quantitative estimate of drug-likeness (QED) is 0.691. The summed E-state index contributed by atoms with van der Waals surface area (Å²) in [5.41, 5.74) is 6.02. The maximum absolute atomic E-state index is 5.58. The highest BCUT2D eigenvalue weighted by molar-refractivity contribution is 5.89. The summed E-state index contributed by atoms with van der Waals surface area (Å²) in [7, 11) is 3.30. The van der Waals surface area contributed by atoms with Crippen molar-refractivity contribution >= 4 is 11.8 Å². The van der Waals surface area contributed by atoms with E-state index in [1.54, 1.807) is 14.2 Å². The molecule has 4 nitrogen and oxygen atoms in total. The van der Waals surface area contributed by atoms with Gasteiger partial charge in [0, 0.05) is 28.7 Å². The number of H-pyrrole nitrogens is 1. The SMILES string of the molecule is COc1cccc(-c2ccc(/C(=C3/C=CC=N3)c3ccccc3)[nH]2)c1OC. The number of nitrogens with zero attached hydrogens (tertiary/aromatic N) is 1. The average Bonchev–Trinajstić information content (AvgIpc) is 3.41. The smallest absolute Gasteiger partial charge is 0.170 e. The standard InChI is InChI=1S/C23H20N2O2/c1-26-21-12-6-10-17(23(21)27-2)18-13-14-20(25-18)22(19-11-7-15-24-19)16-8-4-3-5-9-16/h3-15,25H,1-2H3/b22-19-. The molecular weight excluding hydrogens is 336 g/mol. The number of rotatable bonds is 5. The van der Waals surface area contributed by atoms with Crippen LogP contribution in [0.1, 0.15) is 11.3 Å². The molecule has 1 aliphatic heterocycles. The molecule has 0 aliphatic carbocycles. The summed E-state index contributed by atoms with van der Waals surface area (Å²) in [5, 5.41) is 0. The third-order valence-electron chi connectivity index (χ3n) is 4.52. The summed E-state index contributed by atoms with van der Waals surface area (Å²) in [6.45, 7) is 0. The normalized spacial score (nSPS) is 14.4. The van der Waals surface area contributed by atoms with Crippen LogP contribution in [0.4, 0.5) is 0 Å². The van der Waals surface area contributed by atoms with Gasteiger partial charge in [0.05, 0.1) is 19.9 Å². The van der Waals surface area contributed by atoms with Gasteiger partial charge in [-0.2, -0.15) is 0 Å². The van der Waals surface area contributed by atoms with E-state index in [1.807, 2.05) is 54.8 Å². The Balaban J connectivity index is 1.83. The van der Waals surface area contributed by atoms with Crippen LogP contribution in [0.15, 0.2) is 83.5 Å². The molecule has 0 bridgehead atoms. The van der Waals surface area contributed by atoms with Gasteiger partial charge < -0.3 is 14.5 Å². The Labute approximate surface area is 158 Å². The predicted octanol–water partition coefficient (Wildman–Crippen LogP) is 5.10. The first-order valence-electron chi connectivity index (χ1n) is 8.73. The Morgan fingerprint density at radius 1 is 0.889 bits per heavy atom. The number of aliphatic imine (C=N–C) groups is 1. The van der Waals surface area contributed by atoms with Gasteiger partial charge in [0.2, 0.25) is 0 Å². The van der Waals surface area contributed by atoms with Gasteiger partial charge in [-0.1, -0.05) is 36.4 Å². The molecule has 1 aromatic heterocycles. The highest BCUT2D eigenvalue weighted by atomic mass is 16.5. The fourth-order valence-electron chi connectivity index (χ4n) is 3.29. The third kappa shape index (κ3) is 3.17. The zero-order valence-electron chi connectivity index (χ0n) is 15.3. The van der Waals surface area contributed by atoms with Crippen molar-refractivity contribution in [1.29, 1.82) is 0 Å². The lowest BCUT2D eigenvalue weighted by Crippen LogP contribution is -1.94. The Hall–Kier alpha value is -3.53. The molecule has 1 aliphatic rings. The number of methoxy groups -OCH3 is 2. The van der Waals surface area contributed by atoms with Gasteiger partial charge in [0.15, 0.2) is 11.5 Å². The molecule has 0 amide bonds. The minimum absolute atomic E-state index is 0.705. The van der Waals surface area contributed by atoms with E-state index >= 15 is 0 Å². The monoisotopic (exact) mass is 356 g/mol. The van der Waals surface area contributed by atoms with Gasteiger partial charge in [0.1, 0.15) is 0 Å². The number of aromatic amines is 1. The molecule has 0 saturated heterocycles. The van der Waals surface area contributed by atoms with E-state index in [9.17, 15) is 0 Å². The third-order valence-corrected chi connectivity index (χ3v) is 4.52. The lowest BCUT2D eigenvalue weighted by Gasteiger charge is -2.12. The van der Waals surface area contributed by atoms with Crippen molar-refractivity contribution in [1.82, 2.24) is 4.98 Å². The van der Waals surface area contributed by atoms with Crippen LogP contribution < -0.4 is 9.47 Å². The fourth-order valence-corrected chi connectivity index (χ4v) is 3.29. The molecular formula is C23H20N2O2. The van der Waals surface area contributed by atoms with Crippen LogP contribution in [0.25, 0.3) is 16.8 Å². The lowest BCUT2D eigenvalue weighted by molar-refractivity contribution is 0.356. The number of aromatic nitrogens is 1.